The number of nitriles is 1. The third kappa shape index (κ3) is 3.36. The van der Waals surface area contributed by atoms with Gasteiger partial charge in [-0.1, -0.05) is 25.6 Å². The second-order valence-corrected chi connectivity index (χ2v) is 6.78. The molecule has 0 aliphatic carbocycles. The van der Waals surface area contributed by atoms with Crippen LogP contribution in [0.4, 0.5) is 0 Å². The molecule has 0 aliphatic heterocycles. The maximum atomic E-state index is 12.3. The van der Waals surface area contributed by atoms with E-state index in [-0.39, 0.29) is 11.8 Å². The lowest BCUT2D eigenvalue weighted by molar-refractivity contribution is -0.121. The summed E-state index contributed by atoms with van der Waals surface area (Å²) < 4.78 is 1.56. The van der Waals surface area contributed by atoms with Gasteiger partial charge in [0.2, 0.25) is 11.1 Å². The summed E-state index contributed by atoms with van der Waals surface area (Å²) in [6, 6.07) is 3.92. The number of thioether (sulfide) groups is 1. The second-order valence-electron chi connectivity index (χ2n) is 5.48. The minimum atomic E-state index is -0.889. The predicted octanol–water partition coefficient (Wildman–Crippen LogP) is 1.66. The highest BCUT2D eigenvalue weighted by Gasteiger charge is 2.32. The number of amides is 1. The average Bonchev–Trinajstić information content (AvgIpc) is 2.88. The Kier molecular flexibility index (Phi) is 4.66. The largest absolute Gasteiger partial charge is 0.337 e. The molecule has 2 aromatic rings. The van der Waals surface area contributed by atoms with E-state index >= 15 is 0 Å². The van der Waals surface area contributed by atoms with Crippen LogP contribution in [0.25, 0.3) is 5.78 Å². The van der Waals surface area contributed by atoms with Crippen LogP contribution in [0.3, 0.4) is 0 Å². The predicted molar refractivity (Wildman–Crippen MR) is 83.1 cm³/mol. The topological polar surface area (TPSA) is 96.0 Å². The summed E-state index contributed by atoms with van der Waals surface area (Å²) in [7, 11) is 0. The Morgan fingerprint density at radius 3 is 2.82 bits per heavy atom. The van der Waals surface area contributed by atoms with Gasteiger partial charge >= 0.3 is 0 Å². The monoisotopic (exact) mass is 318 g/mol. The quantitative estimate of drug-likeness (QED) is 0.842. The van der Waals surface area contributed by atoms with Crippen molar-refractivity contribution < 1.29 is 4.79 Å². The van der Waals surface area contributed by atoms with Gasteiger partial charge in [0.1, 0.15) is 5.54 Å². The smallest absolute Gasteiger partial charge is 0.253 e. The molecule has 0 saturated carbocycles. The van der Waals surface area contributed by atoms with Crippen LogP contribution in [-0.4, -0.2) is 36.3 Å². The number of fused-ring (bicyclic) bond motifs is 1. The maximum Gasteiger partial charge on any atom is 0.253 e. The Balaban J connectivity index is 2.07. The highest BCUT2D eigenvalue weighted by molar-refractivity contribution is 8.00. The number of carbonyl (C=O) groups is 1. The zero-order chi connectivity index (χ0) is 16.3. The van der Waals surface area contributed by atoms with Crippen molar-refractivity contribution in [1.82, 2.24) is 24.9 Å². The van der Waals surface area contributed by atoms with E-state index in [2.05, 4.69) is 26.5 Å². The Morgan fingerprint density at radius 1 is 1.50 bits per heavy atom. The molecule has 0 aliphatic rings. The fourth-order valence-corrected chi connectivity index (χ4v) is 2.39. The molecule has 2 aromatic heterocycles. The highest BCUT2D eigenvalue weighted by atomic mass is 32.2. The summed E-state index contributed by atoms with van der Waals surface area (Å²) in [5, 5.41) is 16.4. The van der Waals surface area contributed by atoms with E-state index < -0.39 is 10.8 Å². The van der Waals surface area contributed by atoms with Gasteiger partial charge in [-0.05, 0) is 25.8 Å². The first-order chi connectivity index (χ1) is 10.4. The zero-order valence-corrected chi connectivity index (χ0v) is 13.8. The minimum Gasteiger partial charge on any atom is -0.337 e. The van der Waals surface area contributed by atoms with Crippen LogP contribution in [0.1, 0.15) is 27.7 Å². The highest BCUT2D eigenvalue weighted by Crippen LogP contribution is 2.22. The van der Waals surface area contributed by atoms with E-state index in [4.69, 9.17) is 0 Å². The number of aromatic nitrogens is 4. The second kappa shape index (κ2) is 6.32. The lowest BCUT2D eigenvalue weighted by atomic mass is 9.90. The standard InChI is InChI=1S/C14H18N6OS/c1-9(2)14(4,8-15)18-11(21)10(3)22-13-17-12-16-6-5-7-20(12)19-13/h5-7,9-10H,1-4H3,(H,18,21)/t10-,14-/m0/s1. The number of hydrogen-bond donors (Lipinski definition) is 1. The third-order valence-corrected chi connectivity index (χ3v) is 4.47. The lowest BCUT2D eigenvalue weighted by Gasteiger charge is -2.28. The van der Waals surface area contributed by atoms with E-state index in [1.54, 1.807) is 36.8 Å². The van der Waals surface area contributed by atoms with Gasteiger partial charge in [-0.15, -0.1) is 5.10 Å². The molecule has 0 spiro atoms. The first kappa shape index (κ1) is 16.2. The molecule has 2 rings (SSSR count). The summed E-state index contributed by atoms with van der Waals surface area (Å²) in [4.78, 5) is 20.6. The van der Waals surface area contributed by atoms with Crippen molar-refractivity contribution in [2.75, 3.05) is 0 Å². The summed E-state index contributed by atoms with van der Waals surface area (Å²) in [6.07, 6.45) is 3.38. The van der Waals surface area contributed by atoms with Gasteiger partial charge in [0.05, 0.1) is 11.3 Å². The van der Waals surface area contributed by atoms with Crippen LogP contribution in [0.2, 0.25) is 0 Å². The number of nitrogens with one attached hydrogen (secondary N) is 1. The molecule has 0 aromatic carbocycles. The van der Waals surface area contributed by atoms with Crippen LogP contribution in [-0.2, 0) is 4.79 Å². The molecule has 2 atom stereocenters. The molecular weight excluding hydrogens is 300 g/mol. The van der Waals surface area contributed by atoms with Crippen molar-refractivity contribution in [3.63, 3.8) is 0 Å². The normalized spacial score (nSPS) is 15.3. The molecular formula is C14H18N6OS. The number of rotatable bonds is 5. The molecule has 22 heavy (non-hydrogen) atoms. The molecule has 1 N–H and O–H groups in total. The lowest BCUT2D eigenvalue weighted by Crippen LogP contribution is -2.51. The zero-order valence-electron chi connectivity index (χ0n) is 12.9. The minimum absolute atomic E-state index is 0.0103. The fourth-order valence-electron chi connectivity index (χ4n) is 1.63. The van der Waals surface area contributed by atoms with E-state index in [1.165, 1.54) is 11.8 Å². The van der Waals surface area contributed by atoms with Gasteiger partial charge in [-0.3, -0.25) is 4.79 Å². The van der Waals surface area contributed by atoms with E-state index in [1.807, 2.05) is 13.8 Å². The molecule has 2 heterocycles. The van der Waals surface area contributed by atoms with Crippen molar-refractivity contribution in [3.8, 4) is 6.07 Å². The Hall–Kier alpha value is -2.14. The van der Waals surface area contributed by atoms with Crippen LogP contribution in [0, 0.1) is 17.2 Å². The van der Waals surface area contributed by atoms with E-state index in [9.17, 15) is 10.1 Å². The van der Waals surface area contributed by atoms with Crippen LogP contribution >= 0.6 is 11.8 Å². The van der Waals surface area contributed by atoms with Gasteiger partial charge in [-0.25, -0.2) is 9.50 Å². The molecule has 0 fully saturated rings. The summed E-state index contributed by atoms with van der Waals surface area (Å²) in [6.45, 7) is 7.28. The third-order valence-electron chi connectivity index (χ3n) is 3.52. The average molecular weight is 318 g/mol. The number of carbonyl (C=O) groups excluding carboxylic acids is 1. The molecule has 0 bridgehead atoms. The molecule has 7 nitrogen and oxygen atoms in total. The SMILES string of the molecule is CC(C)[C@](C)(C#N)NC(=O)[C@H](C)Sc1nc2ncccn2n1. The van der Waals surface area contributed by atoms with Crippen molar-refractivity contribution in [2.45, 2.75) is 43.6 Å². The summed E-state index contributed by atoms with van der Waals surface area (Å²) in [5.74, 6) is 0.285. The van der Waals surface area contributed by atoms with Crippen molar-refractivity contribution >= 4 is 23.4 Å². The van der Waals surface area contributed by atoms with E-state index in [0.29, 0.717) is 10.9 Å². The van der Waals surface area contributed by atoms with Crippen molar-refractivity contribution in [3.05, 3.63) is 18.5 Å². The van der Waals surface area contributed by atoms with Crippen LogP contribution in [0.15, 0.2) is 23.6 Å². The Morgan fingerprint density at radius 2 is 2.23 bits per heavy atom. The molecule has 0 radical (unpaired) electrons. The van der Waals surface area contributed by atoms with Gasteiger partial charge in [0.25, 0.3) is 5.78 Å². The first-order valence-electron chi connectivity index (χ1n) is 6.93. The van der Waals surface area contributed by atoms with Gasteiger partial charge in [0, 0.05) is 12.4 Å². The maximum absolute atomic E-state index is 12.3. The number of nitrogens with zero attached hydrogens (tertiary/aromatic N) is 5. The Labute approximate surface area is 133 Å². The first-order valence-corrected chi connectivity index (χ1v) is 7.81. The van der Waals surface area contributed by atoms with Crippen molar-refractivity contribution in [1.29, 1.82) is 5.26 Å². The molecule has 0 saturated heterocycles. The van der Waals surface area contributed by atoms with Gasteiger partial charge in [0.15, 0.2) is 0 Å². The van der Waals surface area contributed by atoms with Gasteiger partial charge < -0.3 is 5.32 Å². The van der Waals surface area contributed by atoms with Gasteiger partial charge in [-0.2, -0.15) is 10.2 Å². The summed E-state index contributed by atoms with van der Waals surface area (Å²) in [5.41, 5.74) is -0.889. The summed E-state index contributed by atoms with van der Waals surface area (Å²) >= 11 is 1.24. The van der Waals surface area contributed by atoms with Crippen LogP contribution < -0.4 is 5.32 Å². The van der Waals surface area contributed by atoms with Crippen LogP contribution in [0.5, 0.6) is 0 Å². The van der Waals surface area contributed by atoms with Crippen molar-refractivity contribution in [2.24, 2.45) is 5.92 Å². The fraction of sp³-hybridized carbons (Fsp3) is 0.500. The molecule has 116 valence electrons. The Bertz CT molecular complexity index is 688. The molecule has 8 heteroatoms. The number of hydrogen-bond acceptors (Lipinski definition) is 6. The molecule has 1 amide bonds. The van der Waals surface area contributed by atoms with E-state index in [0.717, 1.165) is 0 Å². The molecule has 0 unspecified atom stereocenters.